The highest BCUT2D eigenvalue weighted by atomic mass is 16.5. The van der Waals surface area contributed by atoms with E-state index in [1.807, 2.05) is 19.0 Å². The molecule has 0 saturated heterocycles. The van der Waals surface area contributed by atoms with Crippen LogP contribution < -0.4 is 5.56 Å². The van der Waals surface area contributed by atoms with Crippen molar-refractivity contribution in [2.45, 2.75) is 38.8 Å². The highest BCUT2D eigenvalue weighted by Gasteiger charge is 2.40. The van der Waals surface area contributed by atoms with Crippen molar-refractivity contribution >= 4 is 5.97 Å². The average Bonchev–Trinajstić information content (AvgIpc) is 2.86. The quantitative estimate of drug-likeness (QED) is 0.841. The molecule has 23 heavy (non-hydrogen) atoms. The van der Waals surface area contributed by atoms with Gasteiger partial charge in [-0.25, -0.2) is 9.78 Å². The number of aromatic hydroxyl groups is 1. The molecule has 0 aromatic carbocycles. The van der Waals surface area contributed by atoms with Crippen LogP contribution in [0.15, 0.2) is 4.79 Å². The van der Waals surface area contributed by atoms with Crippen LogP contribution in [0.2, 0.25) is 0 Å². The maximum absolute atomic E-state index is 12.6. The van der Waals surface area contributed by atoms with Crippen molar-refractivity contribution in [3.63, 3.8) is 0 Å². The summed E-state index contributed by atoms with van der Waals surface area (Å²) in [5.74, 6) is 0.0410. The number of nitrogens with zero attached hydrogens (tertiary/aromatic N) is 3. The maximum Gasteiger partial charge on any atom is 0.361 e. The van der Waals surface area contributed by atoms with E-state index in [0.717, 1.165) is 19.3 Å². The Labute approximate surface area is 134 Å². The fourth-order valence-electron chi connectivity index (χ4n) is 3.99. The van der Waals surface area contributed by atoms with Gasteiger partial charge in [0, 0.05) is 6.54 Å². The summed E-state index contributed by atoms with van der Waals surface area (Å²) in [6, 6.07) is -0.0380. The monoisotopic (exact) mass is 321 g/mol. The fraction of sp³-hybridized carbons (Fsp3) is 0.688. The molecule has 3 atom stereocenters. The van der Waals surface area contributed by atoms with Gasteiger partial charge in [-0.3, -0.25) is 14.3 Å². The Bertz CT molecular complexity index is 683. The van der Waals surface area contributed by atoms with Crippen molar-refractivity contribution in [1.29, 1.82) is 0 Å². The minimum atomic E-state index is -0.752. The first kappa shape index (κ1) is 16.0. The van der Waals surface area contributed by atoms with E-state index >= 15 is 0 Å². The molecule has 1 aromatic rings. The van der Waals surface area contributed by atoms with Crippen LogP contribution in [0.25, 0.3) is 0 Å². The Balaban J connectivity index is 2.18. The molecular weight excluding hydrogens is 298 g/mol. The third-order valence-corrected chi connectivity index (χ3v) is 4.93. The summed E-state index contributed by atoms with van der Waals surface area (Å²) < 4.78 is 6.47. The van der Waals surface area contributed by atoms with Crippen LogP contribution in [0, 0.1) is 11.8 Å². The number of esters is 1. The molecule has 1 fully saturated rings. The Morgan fingerprint density at radius 1 is 1.43 bits per heavy atom. The summed E-state index contributed by atoms with van der Waals surface area (Å²) in [6.45, 7) is 2.39. The van der Waals surface area contributed by atoms with Crippen LogP contribution in [0.5, 0.6) is 5.75 Å². The van der Waals surface area contributed by atoms with Gasteiger partial charge in [-0.1, -0.05) is 0 Å². The van der Waals surface area contributed by atoms with Gasteiger partial charge in [0.2, 0.25) is 5.75 Å². The number of aromatic nitrogens is 2. The minimum Gasteiger partial charge on any atom is -0.501 e. The molecule has 0 amide bonds. The van der Waals surface area contributed by atoms with Crippen LogP contribution in [-0.4, -0.2) is 46.2 Å². The SMILES string of the molecule is CCOC(=O)c1nc2n(c(=O)c1O)CC1CCC(C1)C2N(C)C. The standard InChI is InChI=1S/C16H23N3O4/c1-4-23-16(22)11-13(20)15(21)19-8-9-5-6-10(7-9)12(18(2)3)14(19)17-11/h9-10,12,20H,4-8H2,1-3H3. The van der Waals surface area contributed by atoms with E-state index in [9.17, 15) is 14.7 Å². The summed E-state index contributed by atoms with van der Waals surface area (Å²) in [6.07, 6.45) is 3.22. The number of ether oxygens (including phenoxy) is 1. The van der Waals surface area contributed by atoms with E-state index in [4.69, 9.17) is 4.74 Å². The van der Waals surface area contributed by atoms with Crippen molar-refractivity contribution in [2.75, 3.05) is 20.7 Å². The van der Waals surface area contributed by atoms with Crippen molar-refractivity contribution in [3.05, 3.63) is 21.9 Å². The van der Waals surface area contributed by atoms with Gasteiger partial charge in [0.15, 0.2) is 5.69 Å². The van der Waals surface area contributed by atoms with E-state index in [2.05, 4.69) is 4.98 Å². The molecule has 2 aliphatic rings. The van der Waals surface area contributed by atoms with E-state index < -0.39 is 17.3 Å². The first-order chi connectivity index (χ1) is 10.9. The Morgan fingerprint density at radius 3 is 2.83 bits per heavy atom. The van der Waals surface area contributed by atoms with Crippen LogP contribution in [0.3, 0.4) is 0 Å². The molecule has 1 N–H and O–H groups in total. The van der Waals surface area contributed by atoms with Gasteiger partial charge >= 0.3 is 5.97 Å². The van der Waals surface area contributed by atoms with Crippen LogP contribution in [0.4, 0.5) is 0 Å². The second-order valence-electron chi connectivity index (χ2n) is 6.65. The van der Waals surface area contributed by atoms with Crippen LogP contribution in [0.1, 0.15) is 48.5 Å². The third kappa shape index (κ3) is 2.63. The van der Waals surface area contributed by atoms with E-state index in [1.165, 1.54) is 0 Å². The largest absolute Gasteiger partial charge is 0.501 e. The smallest absolute Gasteiger partial charge is 0.361 e. The predicted octanol–water partition coefficient (Wildman–Crippen LogP) is 1.16. The van der Waals surface area contributed by atoms with Crippen molar-refractivity contribution < 1.29 is 14.6 Å². The lowest BCUT2D eigenvalue weighted by molar-refractivity contribution is 0.0513. The molecule has 0 spiro atoms. The number of hydrogen-bond acceptors (Lipinski definition) is 6. The number of carbonyl (C=O) groups is 1. The lowest BCUT2D eigenvalue weighted by Crippen LogP contribution is -2.35. The molecule has 3 unspecified atom stereocenters. The van der Waals surface area contributed by atoms with Gasteiger partial charge in [-0.15, -0.1) is 0 Å². The first-order valence-electron chi connectivity index (χ1n) is 8.11. The number of hydrogen-bond donors (Lipinski definition) is 1. The van der Waals surface area contributed by atoms with Gasteiger partial charge in [0.05, 0.1) is 12.6 Å². The van der Waals surface area contributed by atoms with Crippen LogP contribution in [-0.2, 0) is 11.3 Å². The predicted molar refractivity (Wildman–Crippen MR) is 83.4 cm³/mol. The molecule has 1 saturated carbocycles. The second kappa shape index (κ2) is 5.96. The lowest BCUT2D eigenvalue weighted by atomic mass is 9.96. The topological polar surface area (TPSA) is 84.7 Å². The van der Waals surface area contributed by atoms with Gasteiger partial charge in [-0.05, 0) is 52.1 Å². The molecule has 1 aliphatic carbocycles. The van der Waals surface area contributed by atoms with Gasteiger partial charge in [0.25, 0.3) is 5.56 Å². The zero-order chi connectivity index (χ0) is 16.7. The van der Waals surface area contributed by atoms with Gasteiger partial charge in [0.1, 0.15) is 5.82 Å². The first-order valence-corrected chi connectivity index (χ1v) is 8.11. The molecule has 126 valence electrons. The van der Waals surface area contributed by atoms with Crippen LogP contribution >= 0.6 is 0 Å². The molecule has 7 heteroatoms. The molecular formula is C16H23N3O4. The second-order valence-corrected chi connectivity index (χ2v) is 6.65. The number of carbonyl (C=O) groups excluding carboxylic acids is 1. The van der Waals surface area contributed by atoms with E-state index in [1.54, 1.807) is 11.5 Å². The number of fused-ring (bicyclic) bond motifs is 3. The summed E-state index contributed by atoms with van der Waals surface area (Å²) in [5, 5.41) is 10.1. The average molecular weight is 321 g/mol. The fourth-order valence-corrected chi connectivity index (χ4v) is 3.99. The molecule has 1 aliphatic heterocycles. The highest BCUT2D eigenvalue weighted by Crippen LogP contribution is 2.44. The Kier molecular flexibility index (Phi) is 4.14. The van der Waals surface area contributed by atoms with Crippen molar-refractivity contribution in [3.8, 4) is 5.75 Å². The van der Waals surface area contributed by atoms with Crippen molar-refractivity contribution in [1.82, 2.24) is 14.5 Å². The molecule has 2 bridgehead atoms. The summed E-state index contributed by atoms with van der Waals surface area (Å²) >= 11 is 0. The summed E-state index contributed by atoms with van der Waals surface area (Å²) in [7, 11) is 3.91. The molecule has 3 rings (SSSR count). The molecule has 1 aromatic heterocycles. The molecule has 7 nitrogen and oxygen atoms in total. The Hall–Kier alpha value is -1.89. The zero-order valence-corrected chi connectivity index (χ0v) is 13.8. The zero-order valence-electron chi connectivity index (χ0n) is 13.8. The normalized spacial score (nSPS) is 26.0. The van der Waals surface area contributed by atoms with E-state index in [-0.39, 0.29) is 18.3 Å². The minimum absolute atomic E-state index is 0.0380. The highest BCUT2D eigenvalue weighted by molar-refractivity contribution is 5.90. The van der Waals surface area contributed by atoms with E-state index in [0.29, 0.717) is 24.2 Å². The van der Waals surface area contributed by atoms with Crippen molar-refractivity contribution in [2.24, 2.45) is 11.8 Å². The summed E-state index contributed by atoms with van der Waals surface area (Å²) in [4.78, 5) is 31.0. The number of rotatable bonds is 3. The summed E-state index contributed by atoms with van der Waals surface area (Å²) in [5.41, 5.74) is -0.815. The lowest BCUT2D eigenvalue weighted by Gasteiger charge is -2.30. The van der Waals surface area contributed by atoms with Gasteiger partial charge < -0.3 is 9.84 Å². The molecule has 0 radical (unpaired) electrons. The molecule has 2 heterocycles. The Morgan fingerprint density at radius 2 is 2.17 bits per heavy atom. The van der Waals surface area contributed by atoms with Gasteiger partial charge in [-0.2, -0.15) is 0 Å². The third-order valence-electron chi connectivity index (χ3n) is 4.93. The maximum atomic E-state index is 12.6.